The molecule has 7 nitrogen and oxygen atoms in total. The van der Waals surface area contributed by atoms with Crippen LogP contribution < -0.4 is 66.5 Å². The number of nitrogens with zero attached hydrogens (tertiary/aromatic N) is 1. The Hall–Kier alpha value is -1.68. The van der Waals surface area contributed by atoms with Gasteiger partial charge in [-0.3, -0.25) is 4.79 Å². The summed E-state index contributed by atoms with van der Waals surface area (Å²) in [5.74, 6) is -0.730. The standard InChI is InChI=1S/C21H22N2O5.K/c1-23(2)13-17-16-5-3-4-6-18(16)28-19(17)20(24)22-11-12-27-15-9-7-14(8-10-15)21(25)26;/h3-10H,11-13H2,1-2H3,(H,22,24)(H,25,26);/q;+1/p-1. The van der Waals surface area contributed by atoms with E-state index in [2.05, 4.69) is 5.32 Å². The maximum absolute atomic E-state index is 12.6. The van der Waals surface area contributed by atoms with E-state index in [-0.39, 0.29) is 76.0 Å². The zero-order valence-electron chi connectivity index (χ0n) is 16.7. The molecular weight excluding hydrogens is 399 g/mol. The number of carbonyl (C=O) groups is 2. The largest absolute Gasteiger partial charge is 1.00 e. The van der Waals surface area contributed by atoms with Crippen LogP contribution in [-0.4, -0.2) is 44.0 Å². The predicted octanol–water partition coefficient (Wildman–Crippen LogP) is -1.33. The van der Waals surface area contributed by atoms with Crippen molar-refractivity contribution in [2.45, 2.75) is 6.54 Å². The van der Waals surface area contributed by atoms with Crippen LogP contribution in [0.1, 0.15) is 26.5 Å². The van der Waals surface area contributed by atoms with E-state index in [1.165, 1.54) is 12.1 Å². The zero-order valence-corrected chi connectivity index (χ0v) is 19.9. The molecule has 0 saturated carbocycles. The topological polar surface area (TPSA) is 94.8 Å². The van der Waals surface area contributed by atoms with Gasteiger partial charge in [0.05, 0.1) is 12.5 Å². The predicted molar refractivity (Wildman–Crippen MR) is 102 cm³/mol. The Morgan fingerprint density at radius 3 is 2.45 bits per heavy atom. The summed E-state index contributed by atoms with van der Waals surface area (Å²) < 4.78 is 11.3. The Kier molecular flexibility index (Phi) is 8.88. The number of furan rings is 1. The summed E-state index contributed by atoms with van der Waals surface area (Å²) in [5, 5.41) is 14.4. The van der Waals surface area contributed by atoms with E-state index in [9.17, 15) is 14.7 Å². The molecule has 1 heterocycles. The zero-order chi connectivity index (χ0) is 20.1. The molecule has 1 amide bonds. The third-order valence-corrected chi connectivity index (χ3v) is 4.13. The second-order valence-corrected chi connectivity index (χ2v) is 6.56. The van der Waals surface area contributed by atoms with Crippen molar-refractivity contribution >= 4 is 22.8 Å². The second kappa shape index (κ2) is 10.9. The van der Waals surface area contributed by atoms with Crippen molar-refractivity contribution < 1.29 is 75.2 Å². The summed E-state index contributed by atoms with van der Waals surface area (Å²) in [4.78, 5) is 25.3. The van der Waals surface area contributed by atoms with Crippen LogP contribution >= 0.6 is 0 Å². The number of fused-ring (bicyclic) bond motifs is 1. The molecule has 3 rings (SSSR count). The number of benzene rings is 2. The van der Waals surface area contributed by atoms with E-state index in [0.717, 1.165) is 10.9 Å². The molecule has 29 heavy (non-hydrogen) atoms. The maximum Gasteiger partial charge on any atom is 1.00 e. The maximum atomic E-state index is 12.6. The first-order valence-electron chi connectivity index (χ1n) is 8.83. The Bertz CT molecular complexity index is 982. The van der Waals surface area contributed by atoms with E-state index < -0.39 is 5.97 Å². The fraction of sp³-hybridized carbons (Fsp3) is 0.238. The quantitative estimate of drug-likeness (QED) is 0.359. The number of para-hydroxylation sites is 1. The molecular formula is C21H21KN2O5. The number of carboxylic acids is 1. The molecule has 0 aliphatic rings. The van der Waals surface area contributed by atoms with Crippen LogP contribution in [0.3, 0.4) is 0 Å². The second-order valence-electron chi connectivity index (χ2n) is 6.56. The van der Waals surface area contributed by atoms with E-state index in [4.69, 9.17) is 9.15 Å². The third kappa shape index (κ3) is 6.15. The van der Waals surface area contributed by atoms with Crippen LogP contribution in [0.4, 0.5) is 0 Å². The van der Waals surface area contributed by atoms with E-state index in [1.807, 2.05) is 43.3 Å². The molecule has 0 fully saturated rings. The van der Waals surface area contributed by atoms with Crippen molar-refractivity contribution in [2.24, 2.45) is 0 Å². The summed E-state index contributed by atoms with van der Waals surface area (Å²) in [7, 11) is 3.87. The van der Waals surface area contributed by atoms with Crippen molar-refractivity contribution in [3.05, 3.63) is 65.4 Å². The molecule has 0 saturated heterocycles. The minimum atomic E-state index is -1.24. The van der Waals surface area contributed by atoms with Crippen molar-refractivity contribution in [3.63, 3.8) is 0 Å². The number of rotatable bonds is 8. The van der Waals surface area contributed by atoms with Crippen LogP contribution in [0.15, 0.2) is 52.9 Å². The molecule has 3 aromatic rings. The van der Waals surface area contributed by atoms with Gasteiger partial charge in [0.2, 0.25) is 0 Å². The van der Waals surface area contributed by atoms with Gasteiger partial charge in [-0.1, -0.05) is 18.2 Å². The molecule has 8 heteroatoms. The molecule has 0 aliphatic carbocycles. The number of aromatic carboxylic acids is 1. The Balaban J connectivity index is 0.00000300. The SMILES string of the molecule is CN(C)Cc1c(C(=O)NCCOc2ccc(C(=O)[O-])cc2)oc2ccccc12.[K+]. The van der Waals surface area contributed by atoms with Crippen LogP contribution in [0.2, 0.25) is 0 Å². The number of ether oxygens (including phenoxy) is 1. The molecule has 146 valence electrons. The van der Waals surface area contributed by atoms with Crippen LogP contribution in [0.25, 0.3) is 11.0 Å². The van der Waals surface area contributed by atoms with Crippen molar-refractivity contribution in [3.8, 4) is 5.75 Å². The molecule has 0 unspecified atom stereocenters. The minimum absolute atomic E-state index is 0. The van der Waals surface area contributed by atoms with Crippen molar-refractivity contribution in [1.82, 2.24) is 10.2 Å². The summed E-state index contributed by atoms with van der Waals surface area (Å²) in [6, 6.07) is 13.5. The summed E-state index contributed by atoms with van der Waals surface area (Å²) >= 11 is 0. The first-order valence-corrected chi connectivity index (χ1v) is 8.83. The number of hydrogen-bond acceptors (Lipinski definition) is 6. The van der Waals surface area contributed by atoms with Crippen LogP contribution in [0, 0.1) is 0 Å². The van der Waals surface area contributed by atoms with Gasteiger partial charge in [-0.2, -0.15) is 0 Å². The fourth-order valence-corrected chi connectivity index (χ4v) is 2.86. The first-order chi connectivity index (χ1) is 13.5. The van der Waals surface area contributed by atoms with Crippen molar-refractivity contribution in [1.29, 1.82) is 0 Å². The normalized spacial score (nSPS) is 10.6. The van der Waals surface area contributed by atoms with Gasteiger partial charge in [-0.15, -0.1) is 0 Å². The van der Waals surface area contributed by atoms with Crippen LogP contribution in [-0.2, 0) is 6.54 Å². The molecule has 1 N–H and O–H groups in total. The van der Waals surface area contributed by atoms with Crippen LogP contribution in [0.5, 0.6) is 5.75 Å². The van der Waals surface area contributed by atoms with E-state index in [1.54, 1.807) is 12.1 Å². The fourth-order valence-electron chi connectivity index (χ4n) is 2.86. The van der Waals surface area contributed by atoms with Gasteiger partial charge in [0.25, 0.3) is 5.91 Å². The van der Waals surface area contributed by atoms with Gasteiger partial charge in [0.15, 0.2) is 5.76 Å². The monoisotopic (exact) mass is 420 g/mol. The number of carboxylic acid groups (broad SMARTS) is 1. The number of nitrogens with one attached hydrogen (secondary N) is 1. The smallest absolute Gasteiger partial charge is 0.545 e. The van der Waals surface area contributed by atoms with Gasteiger partial charge in [-0.05, 0) is 50.0 Å². The third-order valence-electron chi connectivity index (χ3n) is 4.13. The molecule has 0 bridgehead atoms. The van der Waals surface area contributed by atoms with Gasteiger partial charge in [0.1, 0.15) is 17.9 Å². The number of hydrogen-bond donors (Lipinski definition) is 1. The molecule has 0 radical (unpaired) electrons. The minimum Gasteiger partial charge on any atom is -0.545 e. The van der Waals surface area contributed by atoms with Gasteiger partial charge in [0, 0.05) is 17.5 Å². The molecule has 2 aromatic carbocycles. The molecule has 0 atom stereocenters. The number of carbonyl (C=O) groups excluding carboxylic acids is 2. The average molecular weight is 421 g/mol. The first kappa shape index (κ1) is 23.6. The molecule has 0 aliphatic heterocycles. The summed E-state index contributed by atoms with van der Waals surface area (Å²) in [5.41, 5.74) is 1.60. The Labute approximate surface area is 211 Å². The van der Waals surface area contributed by atoms with E-state index >= 15 is 0 Å². The summed E-state index contributed by atoms with van der Waals surface area (Å²) in [6.07, 6.45) is 0. The van der Waals surface area contributed by atoms with Gasteiger partial charge in [-0.25, -0.2) is 0 Å². The van der Waals surface area contributed by atoms with E-state index in [0.29, 0.717) is 23.6 Å². The van der Waals surface area contributed by atoms with Gasteiger partial charge >= 0.3 is 51.4 Å². The molecule has 1 aromatic heterocycles. The number of amides is 1. The Morgan fingerprint density at radius 1 is 1.10 bits per heavy atom. The van der Waals surface area contributed by atoms with Gasteiger partial charge < -0.3 is 29.3 Å². The Morgan fingerprint density at radius 2 is 1.79 bits per heavy atom. The average Bonchev–Trinajstić information content (AvgIpc) is 3.03. The summed E-state index contributed by atoms with van der Waals surface area (Å²) in [6.45, 7) is 1.10. The van der Waals surface area contributed by atoms with Crippen molar-refractivity contribution in [2.75, 3.05) is 27.2 Å². The molecule has 0 spiro atoms.